The molecular formula is C27H38O7. The molecule has 1 aliphatic heterocycles. The van der Waals surface area contributed by atoms with Gasteiger partial charge in [-0.1, -0.05) is 45.1 Å². The van der Waals surface area contributed by atoms with E-state index in [2.05, 4.69) is 26.5 Å². The Morgan fingerprint density at radius 2 is 2.00 bits per heavy atom. The first-order valence-corrected chi connectivity index (χ1v) is 12.1. The van der Waals surface area contributed by atoms with Gasteiger partial charge in [0.1, 0.15) is 6.10 Å². The summed E-state index contributed by atoms with van der Waals surface area (Å²) in [7, 11) is 1.62. The van der Waals surface area contributed by atoms with E-state index in [9.17, 15) is 14.4 Å². The second kappa shape index (κ2) is 10.1. The topological polar surface area (TPSA) is 88.1 Å². The molecule has 2 fully saturated rings. The molecule has 0 bridgehead atoms. The second-order valence-corrected chi connectivity index (χ2v) is 10.2. The van der Waals surface area contributed by atoms with Crippen molar-refractivity contribution in [3.63, 3.8) is 0 Å². The van der Waals surface area contributed by atoms with Gasteiger partial charge in [-0.05, 0) is 49.5 Å². The van der Waals surface area contributed by atoms with Crippen LogP contribution in [0.3, 0.4) is 0 Å². The zero-order chi connectivity index (χ0) is 25.3. The summed E-state index contributed by atoms with van der Waals surface area (Å²) in [5.41, 5.74) is 0.160. The van der Waals surface area contributed by atoms with E-state index in [1.54, 1.807) is 19.3 Å². The summed E-state index contributed by atoms with van der Waals surface area (Å²) >= 11 is 0. The number of methoxy groups -OCH3 is 1. The lowest BCUT2D eigenvalue weighted by Crippen LogP contribution is -2.61. The fraction of sp³-hybridized carbons (Fsp3) is 0.667. The van der Waals surface area contributed by atoms with Gasteiger partial charge in [-0.3, -0.25) is 9.59 Å². The molecule has 1 spiro atoms. The monoisotopic (exact) mass is 474 g/mol. The molecule has 2 aliphatic carbocycles. The average molecular weight is 475 g/mol. The van der Waals surface area contributed by atoms with Crippen LogP contribution >= 0.6 is 0 Å². The highest BCUT2D eigenvalue weighted by Crippen LogP contribution is 2.66. The third-order valence-corrected chi connectivity index (χ3v) is 8.23. The number of hydrogen-bond acceptors (Lipinski definition) is 7. The van der Waals surface area contributed by atoms with E-state index in [1.807, 2.05) is 13.8 Å². The van der Waals surface area contributed by atoms with Crippen LogP contribution in [0.4, 0.5) is 0 Å². The van der Waals surface area contributed by atoms with Gasteiger partial charge in [0, 0.05) is 32.4 Å². The Hall–Kier alpha value is -2.41. The van der Waals surface area contributed by atoms with Gasteiger partial charge in [0.25, 0.3) is 6.29 Å². The van der Waals surface area contributed by atoms with E-state index in [4.69, 9.17) is 18.9 Å². The molecule has 1 heterocycles. The standard InChI is InChI=1S/C27H38O7/c1-8-10-23(29)33-21-15-27-20(24(30)34-25(27)32-18(5)28)13-19(31-7)14-22(27)26(6,17(21)4)12-11-16(3)9-2/h9,11,13,17,19,21-22,25H,2,8,10,12,14-15H2,1,3-7H3/b16-11-/t17-,19+,21+,22+,25-,26+,27-/m1/s1. The molecule has 1 saturated heterocycles. The molecule has 0 aromatic carbocycles. The van der Waals surface area contributed by atoms with Gasteiger partial charge in [0.15, 0.2) is 0 Å². The zero-order valence-electron chi connectivity index (χ0n) is 21.2. The van der Waals surface area contributed by atoms with Crippen molar-refractivity contribution < 1.29 is 33.3 Å². The summed E-state index contributed by atoms with van der Waals surface area (Å²) in [5.74, 6) is -1.44. The van der Waals surface area contributed by atoms with Crippen molar-refractivity contribution in [2.75, 3.05) is 7.11 Å². The Bertz CT molecular complexity index is 903. The van der Waals surface area contributed by atoms with Crippen LogP contribution in [0.1, 0.15) is 66.7 Å². The fourth-order valence-corrected chi connectivity index (χ4v) is 6.12. The molecule has 0 unspecified atom stereocenters. The number of ether oxygens (including phenoxy) is 4. The van der Waals surface area contributed by atoms with Crippen LogP contribution in [-0.4, -0.2) is 43.5 Å². The molecule has 34 heavy (non-hydrogen) atoms. The Morgan fingerprint density at radius 1 is 1.29 bits per heavy atom. The van der Waals surface area contributed by atoms with Crippen molar-refractivity contribution in [2.45, 2.75) is 85.2 Å². The molecule has 7 heteroatoms. The minimum atomic E-state index is -1.07. The van der Waals surface area contributed by atoms with Crippen molar-refractivity contribution in [2.24, 2.45) is 22.7 Å². The first-order valence-electron chi connectivity index (χ1n) is 12.1. The molecule has 0 N–H and O–H groups in total. The van der Waals surface area contributed by atoms with E-state index in [1.165, 1.54) is 6.92 Å². The van der Waals surface area contributed by atoms with E-state index < -0.39 is 35.2 Å². The molecule has 3 rings (SSSR count). The van der Waals surface area contributed by atoms with Crippen molar-refractivity contribution in [3.05, 3.63) is 36.0 Å². The maximum absolute atomic E-state index is 13.1. The number of rotatable bonds is 8. The minimum Gasteiger partial charge on any atom is -0.462 e. The highest BCUT2D eigenvalue weighted by atomic mass is 16.7. The molecule has 1 saturated carbocycles. The minimum absolute atomic E-state index is 0.0247. The fourth-order valence-electron chi connectivity index (χ4n) is 6.12. The van der Waals surface area contributed by atoms with Crippen LogP contribution in [0.15, 0.2) is 36.0 Å². The van der Waals surface area contributed by atoms with Gasteiger partial charge in [0.2, 0.25) is 0 Å². The predicted molar refractivity (Wildman–Crippen MR) is 126 cm³/mol. The lowest BCUT2D eigenvalue weighted by molar-refractivity contribution is -0.228. The largest absolute Gasteiger partial charge is 0.462 e. The molecular weight excluding hydrogens is 436 g/mol. The first-order chi connectivity index (χ1) is 16.0. The van der Waals surface area contributed by atoms with Crippen LogP contribution in [0.2, 0.25) is 0 Å². The van der Waals surface area contributed by atoms with Crippen LogP contribution < -0.4 is 0 Å². The molecule has 7 nitrogen and oxygen atoms in total. The lowest BCUT2D eigenvalue weighted by atomic mass is 9.45. The normalized spacial score (nSPS) is 37.1. The summed E-state index contributed by atoms with van der Waals surface area (Å²) in [4.78, 5) is 37.7. The van der Waals surface area contributed by atoms with E-state index in [0.717, 1.165) is 5.57 Å². The number of carbonyl (C=O) groups excluding carboxylic acids is 3. The molecule has 188 valence electrons. The van der Waals surface area contributed by atoms with E-state index >= 15 is 0 Å². The van der Waals surface area contributed by atoms with Crippen LogP contribution in [0.25, 0.3) is 0 Å². The third-order valence-electron chi connectivity index (χ3n) is 8.23. The first kappa shape index (κ1) is 26.2. The number of cyclic esters (lactones) is 1. The number of hydrogen-bond donors (Lipinski definition) is 0. The Balaban J connectivity index is 2.19. The Morgan fingerprint density at radius 3 is 2.59 bits per heavy atom. The van der Waals surface area contributed by atoms with Gasteiger partial charge < -0.3 is 18.9 Å². The number of carbonyl (C=O) groups is 3. The maximum Gasteiger partial charge on any atom is 0.337 e. The highest BCUT2D eigenvalue weighted by molar-refractivity contribution is 5.93. The van der Waals surface area contributed by atoms with Crippen molar-refractivity contribution in [1.82, 2.24) is 0 Å². The van der Waals surface area contributed by atoms with Crippen LogP contribution in [-0.2, 0) is 33.3 Å². The quantitative estimate of drug-likeness (QED) is 0.373. The third kappa shape index (κ3) is 4.47. The number of esters is 3. The zero-order valence-corrected chi connectivity index (χ0v) is 21.2. The SMILES string of the molecule is C=C/C(C)=C\C[C@@]1(C)[C@H](C)[C@@H](OC(=O)CCC)C[C@@]23C(=C[C@H](OC)C[C@@H]12)C(=O)O[C@H]3OC(C)=O. The van der Waals surface area contributed by atoms with Crippen LogP contribution in [0.5, 0.6) is 0 Å². The van der Waals surface area contributed by atoms with E-state index in [-0.39, 0.29) is 23.9 Å². The smallest absolute Gasteiger partial charge is 0.337 e. The predicted octanol–water partition coefficient (Wildman–Crippen LogP) is 4.66. The molecule has 0 aromatic rings. The second-order valence-electron chi connectivity index (χ2n) is 10.2. The van der Waals surface area contributed by atoms with Gasteiger partial charge in [-0.2, -0.15) is 0 Å². The summed E-state index contributed by atoms with van der Waals surface area (Å²) < 4.78 is 23.0. The Labute approximate surface area is 202 Å². The summed E-state index contributed by atoms with van der Waals surface area (Å²) in [6.45, 7) is 13.4. The number of allylic oxidation sites excluding steroid dienone is 3. The van der Waals surface area contributed by atoms with E-state index in [0.29, 0.717) is 37.7 Å². The molecule has 0 aromatic heterocycles. The average Bonchev–Trinajstić information content (AvgIpc) is 3.05. The lowest BCUT2D eigenvalue weighted by Gasteiger charge is -2.59. The maximum atomic E-state index is 13.1. The van der Waals surface area contributed by atoms with Crippen molar-refractivity contribution in [1.29, 1.82) is 0 Å². The molecule has 0 amide bonds. The van der Waals surface area contributed by atoms with Gasteiger partial charge in [0.05, 0.1) is 11.5 Å². The summed E-state index contributed by atoms with van der Waals surface area (Å²) in [6, 6.07) is 0. The van der Waals surface area contributed by atoms with Crippen LogP contribution in [0, 0.1) is 22.7 Å². The van der Waals surface area contributed by atoms with Gasteiger partial charge in [-0.15, -0.1) is 0 Å². The highest BCUT2D eigenvalue weighted by Gasteiger charge is 2.70. The summed E-state index contributed by atoms with van der Waals surface area (Å²) in [5, 5.41) is 0. The molecule has 7 atom stereocenters. The van der Waals surface area contributed by atoms with Gasteiger partial charge >= 0.3 is 17.9 Å². The van der Waals surface area contributed by atoms with Gasteiger partial charge in [-0.25, -0.2) is 4.79 Å². The Kier molecular flexibility index (Phi) is 7.75. The summed E-state index contributed by atoms with van der Waals surface area (Å²) in [6.07, 6.45) is 6.58. The van der Waals surface area contributed by atoms with Crippen molar-refractivity contribution in [3.8, 4) is 0 Å². The van der Waals surface area contributed by atoms with Crippen molar-refractivity contribution >= 4 is 17.9 Å². The molecule has 3 aliphatic rings. The molecule has 0 radical (unpaired) electrons.